The van der Waals surface area contributed by atoms with Crippen LogP contribution in [-0.2, 0) is 4.79 Å². The molecule has 1 aromatic carbocycles. The van der Waals surface area contributed by atoms with Gasteiger partial charge < -0.3 is 19.4 Å². The van der Waals surface area contributed by atoms with Crippen LogP contribution >= 0.6 is 11.3 Å². The van der Waals surface area contributed by atoms with Crippen LogP contribution in [0.2, 0.25) is 0 Å². The Morgan fingerprint density at radius 3 is 2.85 bits per heavy atom. The summed E-state index contributed by atoms with van der Waals surface area (Å²) in [4.78, 5) is 33.3. The number of fused-ring (bicyclic) bond motifs is 2. The molecule has 9 nitrogen and oxygen atoms in total. The van der Waals surface area contributed by atoms with Crippen molar-refractivity contribution in [3.63, 3.8) is 0 Å². The lowest BCUT2D eigenvalue weighted by Crippen LogP contribution is -2.55. The monoisotopic (exact) mass is 553 g/mol. The van der Waals surface area contributed by atoms with Crippen molar-refractivity contribution >= 4 is 44.2 Å². The number of aromatic nitrogens is 3. The highest BCUT2D eigenvalue weighted by molar-refractivity contribution is 7.17. The van der Waals surface area contributed by atoms with Gasteiger partial charge in [0, 0.05) is 41.3 Å². The summed E-state index contributed by atoms with van der Waals surface area (Å²) in [5, 5.41) is 13.5. The second-order valence-electron chi connectivity index (χ2n) is 10.3. The number of carbonyl (C=O) groups is 1. The van der Waals surface area contributed by atoms with Crippen LogP contribution < -0.4 is 9.64 Å². The summed E-state index contributed by atoms with van der Waals surface area (Å²) >= 11 is 1.71. The van der Waals surface area contributed by atoms with E-state index in [9.17, 15) is 10.1 Å². The molecule has 0 aliphatic carbocycles. The van der Waals surface area contributed by atoms with Crippen molar-refractivity contribution in [2.75, 3.05) is 44.7 Å². The zero-order valence-corrected chi connectivity index (χ0v) is 23.3. The lowest BCUT2D eigenvalue weighted by Gasteiger charge is -2.41. The van der Waals surface area contributed by atoms with E-state index < -0.39 is 0 Å². The Morgan fingerprint density at radius 2 is 2.05 bits per heavy atom. The molecule has 2 atom stereocenters. The molecule has 0 N–H and O–H groups in total. The number of anilines is 1. The standard InChI is InChI=1S/C30H31N7O2S/c1-3-27(38)37-16-15-36(18-20(37)11-13-31)29-24-9-10-25(22-7-4-8-26-23(22)12-17-40-26)32-28(24)33-30(34-29)39-19-21-6-5-14-35(21)2/h3-4,7-10,12,17,20-21H,1,5-6,11,14-16,18-19H2,2H3/t20-,21-/m0/s1. The first-order valence-corrected chi connectivity index (χ1v) is 14.5. The van der Waals surface area contributed by atoms with Gasteiger partial charge in [0.1, 0.15) is 12.4 Å². The summed E-state index contributed by atoms with van der Waals surface area (Å²) in [5.41, 5.74) is 2.46. The lowest BCUT2D eigenvalue weighted by atomic mass is 10.1. The molecule has 2 aliphatic heterocycles. The van der Waals surface area contributed by atoms with E-state index in [2.05, 4.69) is 59.1 Å². The minimum atomic E-state index is -0.269. The van der Waals surface area contributed by atoms with Gasteiger partial charge in [-0.15, -0.1) is 11.3 Å². The highest BCUT2D eigenvalue weighted by atomic mass is 32.1. The largest absolute Gasteiger partial charge is 0.462 e. The van der Waals surface area contributed by atoms with Crippen LogP contribution in [0, 0.1) is 11.3 Å². The summed E-state index contributed by atoms with van der Waals surface area (Å²) in [6, 6.07) is 15.0. The van der Waals surface area contributed by atoms with E-state index in [4.69, 9.17) is 19.7 Å². The molecule has 0 spiro atoms. The van der Waals surface area contributed by atoms with Crippen LogP contribution in [0.15, 0.2) is 54.4 Å². The predicted molar refractivity (Wildman–Crippen MR) is 157 cm³/mol. The summed E-state index contributed by atoms with van der Waals surface area (Å²) in [6.07, 6.45) is 3.77. The third-order valence-electron chi connectivity index (χ3n) is 7.93. The van der Waals surface area contributed by atoms with E-state index in [0.29, 0.717) is 49.8 Å². The molecular formula is C30H31N7O2S. The summed E-state index contributed by atoms with van der Waals surface area (Å²) in [7, 11) is 2.12. The number of amides is 1. The number of likely N-dealkylation sites (tertiary alicyclic amines) is 1. The maximum absolute atomic E-state index is 12.5. The van der Waals surface area contributed by atoms with Crippen molar-refractivity contribution in [2.45, 2.75) is 31.3 Å². The highest BCUT2D eigenvalue weighted by Crippen LogP contribution is 2.34. The van der Waals surface area contributed by atoms with Gasteiger partial charge in [-0.05, 0) is 62.2 Å². The van der Waals surface area contributed by atoms with E-state index in [1.54, 1.807) is 16.2 Å². The molecule has 6 rings (SSSR count). The second kappa shape index (κ2) is 11.2. The lowest BCUT2D eigenvalue weighted by molar-refractivity contribution is -0.128. The average Bonchev–Trinajstić information content (AvgIpc) is 3.63. The van der Waals surface area contributed by atoms with Crippen molar-refractivity contribution in [3.05, 3.63) is 54.4 Å². The van der Waals surface area contributed by atoms with Crippen molar-refractivity contribution in [1.29, 1.82) is 5.26 Å². The van der Waals surface area contributed by atoms with E-state index >= 15 is 0 Å². The minimum Gasteiger partial charge on any atom is -0.462 e. The fraction of sp³-hybridized carbons (Fsp3) is 0.367. The van der Waals surface area contributed by atoms with E-state index in [1.807, 2.05) is 12.1 Å². The molecule has 0 bridgehead atoms. The van der Waals surface area contributed by atoms with Crippen LogP contribution in [0.5, 0.6) is 6.01 Å². The SMILES string of the molecule is C=CC(=O)N1CCN(c2nc(OC[C@@H]3CCCN3C)nc3nc(-c4cccc5sccc45)ccc23)C[C@@H]1CC#N. The molecule has 10 heteroatoms. The third-order valence-corrected chi connectivity index (χ3v) is 8.82. The average molecular weight is 554 g/mol. The number of nitrogens with zero attached hydrogens (tertiary/aromatic N) is 7. The molecular weight excluding hydrogens is 522 g/mol. The van der Waals surface area contributed by atoms with Gasteiger partial charge in [0.15, 0.2) is 5.65 Å². The zero-order valence-electron chi connectivity index (χ0n) is 22.5. The van der Waals surface area contributed by atoms with Crippen LogP contribution in [0.25, 0.3) is 32.4 Å². The Morgan fingerprint density at radius 1 is 1.15 bits per heavy atom. The number of piperazine rings is 1. The van der Waals surface area contributed by atoms with Crippen LogP contribution in [0.3, 0.4) is 0 Å². The molecule has 3 aromatic heterocycles. The molecule has 0 saturated carbocycles. The molecule has 2 aliphatic rings. The number of carbonyl (C=O) groups excluding carboxylic acids is 1. The summed E-state index contributed by atoms with van der Waals surface area (Å²) in [6.45, 7) is 6.71. The van der Waals surface area contributed by atoms with E-state index in [-0.39, 0.29) is 18.4 Å². The molecule has 2 saturated heterocycles. The topological polar surface area (TPSA) is 98.5 Å². The number of thiophene rings is 1. The molecule has 204 valence electrons. The van der Waals surface area contributed by atoms with Gasteiger partial charge in [0.2, 0.25) is 5.91 Å². The zero-order chi connectivity index (χ0) is 27.6. The van der Waals surface area contributed by atoms with Gasteiger partial charge in [-0.25, -0.2) is 4.98 Å². The number of pyridine rings is 1. The third kappa shape index (κ3) is 4.98. The number of nitriles is 1. The molecule has 0 radical (unpaired) electrons. The Labute approximate surface area is 237 Å². The van der Waals surface area contributed by atoms with Crippen LogP contribution in [0.4, 0.5) is 5.82 Å². The predicted octanol–water partition coefficient (Wildman–Crippen LogP) is 4.50. The number of hydrogen-bond acceptors (Lipinski definition) is 9. The molecule has 2 fully saturated rings. The quantitative estimate of drug-likeness (QED) is 0.309. The molecule has 5 heterocycles. The smallest absolute Gasteiger partial charge is 0.320 e. The number of likely N-dealkylation sites (N-methyl/N-ethyl adjacent to an activating group) is 1. The van der Waals surface area contributed by atoms with Gasteiger partial charge in [0.25, 0.3) is 0 Å². The van der Waals surface area contributed by atoms with Gasteiger partial charge in [0.05, 0.1) is 29.6 Å². The molecule has 0 unspecified atom stereocenters. The Balaban J connectivity index is 1.39. The highest BCUT2D eigenvalue weighted by Gasteiger charge is 2.31. The van der Waals surface area contributed by atoms with Crippen LogP contribution in [-0.4, -0.2) is 82.6 Å². The van der Waals surface area contributed by atoms with Gasteiger partial charge in [-0.3, -0.25) is 4.79 Å². The maximum atomic E-state index is 12.5. The summed E-state index contributed by atoms with van der Waals surface area (Å²) in [5.74, 6) is 0.548. The fourth-order valence-corrected chi connectivity index (χ4v) is 6.56. The van der Waals surface area contributed by atoms with Crippen molar-refractivity contribution in [3.8, 4) is 23.3 Å². The van der Waals surface area contributed by atoms with Crippen molar-refractivity contribution in [1.82, 2.24) is 24.8 Å². The maximum Gasteiger partial charge on any atom is 0.320 e. The van der Waals surface area contributed by atoms with E-state index in [0.717, 1.165) is 41.4 Å². The Kier molecular flexibility index (Phi) is 7.32. The van der Waals surface area contributed by atoms with Gasteiger partial charge in [-0.1, -0.05) is 18.7 Å². The molecule has 40 heavy (non-hydrogen) atoms. The number of rotatable bonds is 7. The molecule has 1 amide bonds. The number of ether oxygens (including phenoxy) is 1. The van der Waals surface area contributed by atoms with Crippen LogP contribution in [0.1, 0.15) is 19.3 Å². The number of benzene rings is 1. The fourth-order valence-electron chi connectivity index (χ4n) is 5.74. The first kappa shape index (κ1) is 26.2. The Hall–Kier alpha value is -4.07. The minimum absolute atomic E-state index is 0.161. The van der Waals surface area contributed by atoms with Gasteiger partial charge >= 0.3 is 6.01 Å². The first-order valence-electron chi connectivity index (χ1n) is 13.6. The van der Waals surface area contributed by atoms with Crippen molar-refractivity contribution in [2.24, 2.45) is 0 Å². The number of hydrogen-bond donors (Lipinski definition) is 0. The normalized spacial score (nSPS) is 19.7. The summed E-state index contributed by atoms with van der Waals surface area (Å²) < 4.78 is 7.41. The Bertz CT molecular complexity index is 1610. The second-order valence-corrected chi connectivity index (χ2v) is 11.3. The van der Waals surface area contributed by atoms with Gasteiger partial charge in [-0.2, -0.15) is 15.2 Å². The first-order chi connectivity index (χ1) is 19.6. The van der Waals surface area contributed by atoms with E-state index in [1.165, 1.54) is 10.8 Å². The molecule has 4 aromatic rings. The van der Waals surface area contributed by atoms with Crippen molar-refractivity contribution < 1.29 is 9.53 Å².